The van der Waals surface area contributed by atoms with Gasteiger partial charge in [-0.05, 0) is 61.2 Å². The molecular formula is C33H30N6O8. The summed E-state index contributed by atoms with van der Waals surface area (Å²) < 4.78 is 18.1. The maximum Gasteiger partial charge on any atom is 0.316 e. The van der Waals surface area contributed by atoms with Crippen LogP contribution in [0.1, 0.15) is 43.4 Å². The van der Waals surface area contributed by atoms with Gasteiger partial charge in [0, 0.05) is 29.3 Å². The van der Waals surface area contributed by atoms with E-state index in [1.54, 1.807) is 38.3 Å². The first-order valence-electron chi connectivity index (χ1n) is 14.5. The number of hydrogen-bond acceptors (Lipinski definition) is 11. The van der Waals surface area contributed by atoms with Gasteiger partial charge in [-0.3, -0.25) is 25.0 Å². The Balaban J connectivity index is 1.66. The molecule has 14 nitrogen and oxygen atoms in total. The van der Waals surface area contributed by atoms with E-state index in [2.05, 4.69) is 10.1 Å². The molecule has 0 aliphatic rings. The summed E-state index contributed by atoms with van der Waals surface area (Å²) in [5.74, 6) is 0.718. The van der Waals surface area contributed by atoms with Crippen molar-refractivity contribution >= 4 is 28.5 Å². The first-order valence-corrected chi connectivity index (χ1v) is 14.5. The van der Waals surface area contributed by atoms with Gasteiger partial charge in [0.15, 0.2) is 11.6 Å². The topological polar surface area (TPSA) is 174 Å². The van der Waals surface area contributed by atoms with Gasteiger partial charge in [-0.1, -0.05) is 26.0 Å². The van der Waals surface area contributed by atoms with Crippen LogP contribution < -0.4 is 19.8 Å². The minimum absolute atomic E-state index is 0.0000775. The lowest BCUT2D eigenvalue weighted by molar-refractivity contribution is -0.385. The highest BCUT2D eigenvalue weighted by atomic mass is 16.6. The summed E-state index contributed by atoms with van der Waals surface area (Å²) in [6.45, 7) is 7.77. The van der Waals surface area contributed by atoms with Crippen molar-refractivity contribution in [3.05, 3.63) is 114 Å². The first-order chi connectivity index (χ1) is 22.5. The summed E-state index contributed by atoms with van der Waals surface area (Å²) in [6, 6.07) is 15.8. The molecule has 47 heavy (non-hydrogen) atoms. The molecule has 14 heteroatoms. The molecule has 2 aromatic heterocycles. The lowest BCUT2D eigenvalue weighted by Crippen LogP contribution is -2.21. The second-order valence-electron chi connectivity index (χ2n) is 10.6. The molecule has 0 aliphatic carbocycles. The number of para-hydroxylation sites is 1. The summed E-state index contributed by atoms with van der Waals surface area (Å²) in [5, 5.41) is 28.0. The number of ether oxygens (including phenoxy) is 3. The van der Waals surface area contributed by atoms with Crippen molar-refractivity contribution < 1.29 is 24.1 Å². The number of aryl methyl sites for hydroxylation is 1. The highest BCUT2D eigenvalue weighted by Gasteiger charge is 2.24. The molecular weight excluding hydrogens is 608 g/mol. The summed E-state index contributed by atoms with van der Waals surface area (Å²) in [6.07, 6.45) is 2.27. The molecule has 0 spiro atoms. The number of pyridine rings is 1. The number of fused-ring (bicyclic) bond motifs is 1. The fraction of sp³-hybridized carbons (Fsp3) is 0.212. The number of rotatable bonds is 11. The number of hydrogen-bond donors (Lipinski definition) is 0. The van der Waals surface area contributed by atoms with Crippen LogP contribution in [0.25, 0.3) is 22.3 Å². The predicted octanol–water partition coefficient (Wildman–Crippen LogP) is 6.79. The normalized spacial score (nSPS) is 11.3. The molecule has 0 unspecified atom stereocenters. The van der Waals surface area contributed by atoms with Crippen LogP contribution in [0, 0.1) is 27.2 Å². The molecule has 0 amide bonds. The fourth-order valence-corrected chi connectivity index (χ4v) is 4.93. The Morgan fingerprint density at radius 3 is 2.43 bits per heavy atom. The molecule has 0 aliphatic heterocycles. The molecule has 2 heterocycles. The van der Waals surface area contributed by atoms with Crippen molar-refractivity contribution in [2.24, 2.45) is 5.10 Å². The van der Waals surface area contributed by atoms with E-state index in [0.717, 1.165) is 23.4 Å². The lowest BCUT2D eigenvalue weighted by Gasteiger charge is -2.17. The molecule has 5 rings (SSSR count). The Kier molecular flexibility index (Phi) is 9.21. The van der Waals surface area contributed by atoms with Gasteiger partial charge >= 0.3 is 5.69 Å². The van der Waals surface area contributed by atoms with Gasteiger partial charge < -0.3 is 14.2 Å². The standard InChI is InChI=1S/C33H30N6O8/c1-6-46-29-15-21(14-27(39(43)44)31(29)47-30-12-11-22(18-34-30)38(41)42)17-35-37-32(36-26-10-8-7-9-23(26)33(37)40)25-16-24(19(2)3)28(45-5)13-20(25)4/h7-19H,6H2,1-5H3. The minimum atomic E-state index is -0.663. The van der Waals surface area contributed by atoms with Gasteiger partial charge in [0.05, 0.1) is 40.7 Å². The number of nitro benzene ring substituents is 1. The summed E-state index contributed by atoms with van der Waals surface area (Å²) in [7, 11) is 1.60. The quantitative estimate of drug-likeness (QED) is 0.0851. The molecule has 0 atom stereocenters. The van der Waals surface area contributed by atoms with Gasteiger partial charge in [0.1, 0.15) is 11.9 Å². The molecule has 240 valence electrons. The fourth-order valence-electron chi connectivity index (χ4n) is 4.93. The third-order valence-corrected chi connectivity index (χ3v) is 7.21. The first kappa shape index (κ1) is 32.2. The van der Waals surface area contributed by atoms with E-state index in [9.17, 15) is 25.0 Å². The van der Waals surface area contributed by atoms with Gasteiger partial charge in [0.25, 0.3) is 11.2 Å². The lowest BCUT2D eigenvalue weighted by atomic mass is 9.96. The summed E-state index contributed by atoms with van der Waals surface area (Å²) in [4.78, 5) is 44.4. The molecule has 0 fully saturated rings. The zero-order valence-corrected chi connectivity index (χ0v) is 26.2. The third kappa shape index (κ3) is 6.61. The van der Waals surface area contributed by atoms with Crippen LogP contribution in [-0.2, 0) is 0 Å². The second kappa shape index (κ2) is 13.4. The van der Waals surface area contributed by atoms with Crippen LogP contribution >= 0.6 is 0 Å². The average Bonchev–Trinajstić information content (AvgIpc) is 3.05. The largest absolute Gasteiger partial charge is 0.496 e. The Bertz CT molecular complexity index is 2090. The Labute approximate surface area is 268 Å². The zero-order chi connectivity index (χ0) is 33.8. The molecule has 5 aromatic rings. The van der Waals surface area contributed by atoms with E-state index in [1.165, 1.54) is 29.1 Å². The SMILES string of the molecule is CCOc1cc(C=Nn2c(-c3cc(C(C)C)c(OC)cc3C)nc3ccccc3c2=O)cc([N+](=O)[O-])c1Oc1ccc([N+](=O)[O-])cn1. The molecule has 0 bridgehead atoms. The van der Waals surface area contributed by atoms with Crippen LogP contribution in [0.3, 0.4) is 0 Å². The van der Waals surface area contributed by atoms with E-state index in [1.807, 2.05) is 32.9 Å². The summed E-state index contributed by atoms with van der Waals surface area (Å²) >= 11 is 0. The predicted molar refractivity (Wildman–Crippen MR) is 175 cm³/mol. The maximum absolute atomic E-state index is 13.8. The van der Waals surface area contributed by atoms with E-state index in [0.29, 0.717) is 22.2 Å². The van der Waals surface area contributed by atoms with Crippen molar-refractivity contribution in [2.45, 2.75) is 33.6 Å². The summed E-state index contributed by atoms with van der Waals surface area (Å²) in [5.41, 5.74) is 1.90. The number of nitro groups is 2. The second-order valence-corrected chi connectivity index (χ2v) is 10.6. The highest BCUT2D eigenvalue weighted by molar-refractivity contribution is 5.84. The highest BCUT2D eigenvalue weighted by Crippen LogP contribution is 2.41. The number of nitrogens with zero attached hydrogens (tertiary/aromatic N) is 6. The van der Waals surface area contributed by atoms with Crippen LogP contribution in [-0.4, -0.2) is 44.4 Å². The Morgan fingerprint density at radius 1 is 1.02 bits per heavy atom. The minimum Gasteiger partial charge on any atom is -0.496 e. The molecule has 3 aromatic carbocycles. The third-order valence-electron chi connectivity index (χ3n) is 7.21. The van der Waals surface area contributed by atoms with E-state index in [4.69, 9.17) is 19.2 Å². The number of benzene rings is 3. The van der Waals surface area contributed by atoms with Crippen LogP contribution in [0.2, 0.25) is 0 Å². The monoisotopic (exact) mass is 638 g/mol. The van der Waals surface area contributed by atoms with Crippen molar-refractivity contribution in [3.63, 3.8) is 0 Å². The molecule has 0 saturated carbocycles. The van der Waals surface area contributed by atoms with Gasteiger partial charge in [-0.25, -0.2) is 9.97 Å². The number of aromatic nitrogens is 3. The van der Waals surface area contributed by atoms with Gasteiger partial charge in [-0.2, -0.15) is 9.78 Å². The maximum atomic E-state index is 13.8. The van der Waals surface area contributed by atoms with E-state index < -0.39 is 21.1 Å². The van der Waals surface area contributed by atoms with Crippen molar-refractivity contribution in [1.82, 2.24) is 14.6 Å². The smallest absolute Gasteiger partial charge is 0.316 e. The molecule has 0 N–H and O–H groups in total. The molecule has 0 saturated heterocycles. The zero-order valence-electron chi connectivity index (χ0n) is 26.2. The van der Waals surface area contributed by atoms with Crippen molar-refractivity contribution in [1.29, 1.82) is 0 Å². The van der Waals surface area contributed by atoms with Gasteiger partial charge in [0.2, 0.25) is 11.6 Å². The Morgan fingerprint density at radius 2 is 1.79 bits per heavy atom. The van der Waals surface area contributed by atoms with E-state index >= 15 is 0 Å². The van der Waals surface area contributed by atoms with Crippen LogP contribution in [0.4, 0.5) is 11.4 Å². The van der Waals surface area contributed by atoms with Gasteiger partial charge in [-0.15, -0.1) is 0 Å². The van der Waals surface area contributed by atoms with Crippen LogP contribution in [0.5, 0.6) is 23.1 Å². The number of methoxy groups -OCH3 is 1. The molecule has 0 radical (unpaired) electrons. The van der Waals surface area contributed by atoms with Crippen molar-refractivity contribution in [3.8, 4) is 34.5 Å². The van der Waals surface area contributed by atoms with Crippen molar-refractivity contribution in [2.75, 3.05) is 13.7 Å². The average molecular weight is 639 g/mol. The Hall–Kier alpha value is -6.18. The van der Waals surface area contributed by atoms with E-state index in [-0.39, 0.29) is 47.0 Å². The van der Waals surface area contributed by atoms with Crippen LogP contribution in [0.15, 0.2) is 76.8 Å².